The first-order valence-electron chi connectivity index (χ1n) is 10.4. The van der Waals surface area contributed by atoms with Crippen LogP contribution in [0.3, 0.4) is 0 Å². The first-order chi connectivity index (χ1) is 15.5. The Morgan fingerprint density at radius 2 is 1.12 bits per heavy atom. The van der Waals surface area contributed by atoms with E-state index in [2.05, 4.69) is 0 Å². The second-order valence-corrected chi connectivity index (χ2v) is 8.32. The van der Waals surface area contributed by atoms with Crippen molar-refractivity contribution in [3.63, 3.8) is 0 Å². The fourth-order valence-electron chi connectivity index (χ4n) is 4.00. The van der Waals surface area contributed by atoms with E-state index in [1.54, 1.807) is 0 Å². The van der Waals surface area contributed by atoms with Crippen LogP contribution in [0.5, 0.6) is 0 Å². The summed E-state index contributed by atoms with van der Waals surface area (Å²) in [7, 11) is 0. The number of ether oxygens (including phenoxy) is 5. The third kappa shape index (κ3) is 5.32. The molecule has 0 spiro atoms. The Labute approximate surface area is 187 Å². The van der Waals surface area contributed by atoms with E-state index in [0.29, 0.717) is 0 Å². The van der Waals surface area contributed by atoms with E-state index in [1.165, 1.54) is 6.92 Å². The fourth-order valence-corrected chi connectivity index (χ4v) is 4.00. The summed E-state index contributed by atoms with van der Waals surface area (Å²) in [6.07, 6.45) is -23.9. The molecule has 0 aromatic carbocycles. The molecule has 0 aliphatic carbocycles. The minimum Gasteiger partial charge on any atom is -0.394 e. The summed E-state index contributed by atoms with van der Waals surface area (Å²) in [5.74, 6) is 0. The molecular formula is C18H32O15. The van der Waals surface area contributed by atoms with Crippen LogP contribution in [-0.2, 0) is 23.7 Å². The quantitative estimate of drug-likeness (QED) is 0.167. The van der Waals surface area contributed by atoms with Crippen molar-refractivity contribution in [2.75, 3.05) is 13.2 Å². The van der Waals surface area contributed by atoms with Gasteiger partial charge in [-0.15, -0.1) is 0 Å². The Hall–Kier alpha value is -0.600. The Morgan fingerprint density at radius 3 is 1.73 bits per heavy atom. The molecule has 0 bridgehead atoms. The molecule has 3 fully saturated rings. The van der Waals surface area contributed by atoms with Gasteiger partial charge in [-0.2, -0.15) is 0 Å². The van der Waals surface area contributed by atoms with E-state index in [9.17, 15) is 51.1 Å². The van der Waals surface area contributed by atoms with E-state index >= 15 is 0 Å². The van der Waals surface area contributed by atoms with Gasteiger partial charge in [-0.3, -0.25) is 0 Å². The normalized spacial score (nSPS) is 53.7. The van der Waals surface area contributed by atoms with Crippen molar-refractivity contribution in [2.45, 2.75) is 99.0 Å². The van der Waals surface area contributed by atoms with Crippen molar-refractivity contribution in [1.29, 1.82) is 0 Å². The summed E-state index contributed by atoms with van der Waals surface area (Å²) < 4.78 is 26.6. The molecule has 0 saturated carbocycles. The van der Waals surface area contributed by atoms with Gasteiger partial charge in [0.1, 0.15) is 67.1 Å². The van der Waals surface area contributed by atoms with Gasteiger partial charge in [-0.1, -0.05) is 0 Å². The zero-order valence-corrected chi connectivity index (χ0v) is 17.6. The third-order valence-corrected chi connectivity index (χ3v) is 6.05. The Morgan fingerprint density at radius 1 is 0.545 bits per heavy atom. The molecular weight excluding hydrogens is 456 g/mol. The lowest BCUT2D eigenvalue weighted by atomic mass is 9.96. The molecule has 3 aliphatic rings. The number of aliphatic hydroxyl groups excluding tert-OH is 10. The van der Waals surface area contributed by atoms with Crippen LogP contribution >= 0.6 is 0 Å². The highest BCUT2D eigenvalue weighted by Gasteiger charge is 2.53. The second kappa shape index (κ2) is 11.0. The molecule has 15 heteroatoms. The molecule has 3 rings (SSSR count). The number of aliphatic hydroxyl groups is 10. The first kappa shape index (κ1) is 27.0. The van der Waals surface area contributed by atoms with Crippen molar-refractivity contribution in [3.8, 4) is 0 Å². The van der Waals surface area contributed by atoms with E-state index in [4.69, 9.17) is 23.7 Å². The van der Waals surface area contributed by atoms with Crippen molar-refractivity contribution >= 4 is 0 Å². The number of rotatable bonds is 6. The second-order valence-electron chi connectivity index (χ2n) is 8.32. The maximum absolute atomic E-state index is 10.7. The molecule has 33 heavy (non-hydrogen) atoms. The lowest BCUT2D eigenvalue weighted by Gasteiger charge is -2.47. The summed E-state index contributed by atoms with van der Waals surface area (Å²) >= 11 is 0. The molecule has 0 unspecified atom stereocenters. The van der Waals surface area contributed by atoms with Gasteiger partial charge in [0.05, 0.1) is 19.3 Å². The zero-order chi connectivity index (χ0) is 24.6. The maximum Gasteiger partial charge on any atom is 0.187 e. The monoisotopic (exact) mass is 488 g/mol. The summed E-state index contributed by atoms with van der Waals surface area (Å²) in [4.78, 5) is 0. The molecule has 0 radical (unpaired) electrons. The predicted octanol–water partition coefficient (Wildman–Crippen LogP) is -6.55. The summed E-state index contributed by atoms with van der Waals surface area (Å²) in [5.41, 5.74) is 0. The van der Waals surface area contributed by atoms with E-state index < -0.39 is 105 Å². The SMILES string of the molecule is C[C@@H]1O[C@H](O[C@H]2[C@@H](O)[C@@H](CO)O[C@@H](O[C@H]3[C@H](O)[C@@H](O)[C@@H](O)O[C@@H]3CO)[C@@H]2O)[C@@H](O)[C@H](O)[C@@H]1O. The van der Waals surface area contributed by atoms with Gasteiger partial charge >= 0.3 is 0 Å². The van der Waals surface area contributed by atoms with Gasteiger partial charge in [0.15, 0.2) is 18.9 Å². The Balaban J connectivity index is 1.77. The molecule has 15 nitrogen and oxygen atoms in total. The van der Waals surface area contributed by atoms with Crippen molar-refractivity contribution in [1.82, 2.24) is 0 Å². The topological polar surface area (TPSA) is 248 Å². The van der Waals surface area contributed by atoms with Gasteiger partial charge in [0, 0.05) is 0 Å². The first-order valence-corrected chi connectivity index (χ1v) is 10.4. The van der Waals surface area contributed by atoms with Crippen LogP contribution in [0.15, 0.2) is 0 Å². The van der Waals surface area contributed by atoms with Crippen LogP contribution < -0.4 is 0 Å². The molecule has 0 aromatic rings. The van der Waals surface area contributed by atoms with Crippen LogP contribution in [-0.4, -0.2) is 156 Å². The molecule has 0 amide bonds. The van der Waals surface area contributed by atoms with Crippen molar-refractivity contribution < 1.29 is 74.7 Å². The molecule has 10 N–H and O–H groups in total. The van der Waals surface area contributed by atoms with Crippen LogP contribution in [0.4, 0.5) is 0 Å². The maximum atomic E-state index is 10.7. The lowest BCUT2D eigenvalue weighted by molar-refractivity contribution is -0.377. The zero-order valence-electron chi connectivity index (χ0n) is 17.6. The highest BCUT2D eigenvalue weighted by molar-refractivity contribution is 4.96. The highest BCUT2D eigenvalue weighted by atomic mass is 16.7. The minimum absolute atomic E-state index is 0.749. The van der Waals surface area contributed by atoms with Crippen LogP contribution in [0.2, 0.25) is 0 Å². The Bertz CT molecular complexity index is 624. The fraction of sp³-hybridized carbons (Fsp3) is 1.00. The van der Waals surface area contributed by atoms with Crippen LogP contribution in [0.25, 0.3) is 0 Å². The van der Waals surface area contributed by atoms with Gasteiger partial charge in [0.25, 0.3) is 0 Å². The van der Waals surface area contributed by atoms with E-state index in [0.717, 1.165) is 0 Å². The average Bonchev–Trinajstić information content (AvgIpc) is 2.79. The standard InChI is InChI=1S/C18H32O15/c1-4-7(21)9(23)12(26)17(29-4)33-15-8(22)5(2-19)31-18(13(15)27)32-14-6(3-20)30-16(28)11(25)10(14)24/h4-28H,2-3H2,1H3/t4-,5+,6+,7+,8-,9+,10+,11+,12-,13+,14+,15-,16-,17+,18-/m0/s1. The van der Waals surface area contributed by atoms with Gasteiger partial charge in [-0.25, -0.2) is 0 Å². The van der Waals surface area contributed by atoms with Crippen molar-refractivity contribution in [3.05, 3.63) is 0 Å². The van der Waals surface area contributed by atoms with E-state index in [-0.39, 0.29) is 0 Å². The lowest BCUT2D eigenvalue weighted by Crippen LogP contribution is -2.66. The summed E-state index contributed by atoms with van der Waals surface area (Å²) in [5, 5.41) is 99.9. The Kier molecular flexibility index (Phi) is 8.99. The summed E-state index contributed by atoms with van der Waals surface area (Å²) in [6, 6.07) is 0. The number of hydrogen-bond donors (Lipinski definition) is 10. The molecule has 3 aliphatic heterocycles. The molecule has 15 atom stereocenters. The van der Waals surface area contributed by atoms with E-state index in [1.807, 2.05) is 0 Å². The van der Waals surface area contributed by atoms with Gasteiger partial charge in [-0.05, 0) is 6.92 Å². The highest BCUT2D eigenvalue weighted by Crippen LogP contribution is 2.32. The molecule has 3 saturated heterocycles. The molecule has 194 valence electrons. The largest absolute Gasteiger partial charge is 0.394 e. The predicted molar refractivity (Wildman–Crippen MR) is 99.8 cm³/mol. The van der Waals surface area contributed by atoms with Crippen molar-refractivity contribution in [2.24, 2.45) is 0 Å². The third-order valence-electron chi connectivity index (χ3n) is 6.05. The molecule has 0 aromatic heterocycles. The van der Waals surface area contributed by atoms with Crippen LogP contribution in [0, 0.1) is 0 Å². The van der Waals surface area contributed by atoms with Gasteiger partial charge in [0.2, 0.25) is 0 Å². The minimum atomic E-state index is -1.84. The number of hydrogen-bond acceptors (Lipinski definition) is 15. The van der Waals surface area contributed by atoms with Gasteiger partial charge < -0.3 is 74.7 Å². The average molecular weight is 488 g/mol. The van der Waals surface area contributed by atoms with Crippen LogP contribution in [0.1, 0.15) is 6.92 Å². The smallest absolute Gasteiger partial charge is 0.187 e. The molecule has 3 heterocycles. The summed E-state index contributed by atoms with van der Waals surface area (Å²) in [6.45, 7) is -0.122.